The lowest BCUT2D eigenvalue weighted by Gasteiger charge is -2.28. The fourth-order valence-electron chi connectivity index (χ4n) is 9.41. The lowest BCUT2D eigenvalue weighted by atomic mass is 9.82. The summed E-state index contributed by atoms with van der Waals surface area (Å²) < 4.78 is 76.4. The van der Waals surface area contributed by atoms with Gasteiger partial charge in [-0.05, 0) is 110 Å². The van der Waals surface area contributed by atoms with Gasteiger partial charge < -0.3 is 13.5 Å². The number of furan rings is 1. The lowest BCUT2D eigenvalue weighted by molar-refractivity contribution is -0.0499. The minimum Gasteiger partial charge on any atom is -0.455 e. The van der Waals surface area contributed by atoms with E-state index in [2.05, 4.69) is 110 Å². The van der Waals surface area contributed by atoms with Crippen LogP contribution in [0.1, 0.15) is 25.0 Å². The SMILES string of the molecule is CC1(C)c2ccccc2-c2ccc(N(c3ccc(-c4ccc(OS(=O)(=O)C(F)(F)F)c5c4ccc4ccccc45)cc3)c3ccc(-c4cccc5c4oc4ccccc45)cc3)cc21. The van der Waals surface area contributed by atoms with E-state index < -0.39 is 21.4 Å². The Morgan fingerprint density at radius 2 is 1.11 bits per heavy atom. The van der Waals surface area contributed by atoms with E-state index >= 15 is 0 Å². The summed E-state index contributed by atoms with van der Waals surface area (Å²) in [4.78, 5) is 2.22. The summed E-state index contributed by atoms with van der Waals surface area (Å²) in [7, 11) is -5.93. The molecule has 10 aromatic rings. The molecule has 1 aromatic heterocycles. The molecule has 9 heteroatoms. The Kier molecular flexibility index (Phi) is 8.62. The first-order valence-corrected chi connectivity index (χ1v) is 21.9. The molecule has 308 valence electrons. The van der Waals surface area contributed by atoms with E-state index in [0.717, 1.165) is 61.1 Å². The highest BCUT2D eigenvalue weighted by molar-refractivity contribution is 7.88. The van der Waals surface area contributed by atoms with Gasteiger partial charge in [0.15, 0.2) is 5.75 Å². The van der Waals surface area contributed by atoms with E-state index in [1.165, 1.54) is 28.3 Å². The fourth-order valence-corrected chi connectivity index (χ4v) is 9.88. The van der Waals surface area contributed by atoms with Crippen LogP contribution in [-0.2, 0) is 15.5 Å². The maximum absolute atomic E-state index is 13.6. The predicted octanol–water partition coefficient (Wildman–Crippen LogP) is 15.2. The van der Waals surface area contributed by atoms with Gasteiger partial charge in [-0.25, -0.2) is 0 Å². The van der Waals surface area contributed by atoms with Crippen LogP contribution < -0.4 is 9.08 Å². The third-order valence-electron chi connectivity index (χ3n) is 12.5. The molecule has 1 heterocycles. The minimum absolute atomic E-state index is 0.229. The van der Waals surface area contributed by atoms with Crippen LogP contribution in [0.25, 0.3) is 76.9 Å². The smallest absolute Gasteiger partial charge is 0.455 e. The largest absolute Gasteiger partial charge is 0.534 e. The van der Waals surface area contributed by atoms with E-state index in [1.54, 1.807) is 24.3 Å². The predicted molar refractivity (Wildman–Crippen MR) is 247 cm³/mol. The van der Waals surface area contributed by atoms with Crippen molar-refractivity contribution in [1.29, 1.82) is 0 Å². The zero-order valence-electron chi connectivity index (χ0n) is 33.9. The summed E-state index contributed by atoms with van der Waals surface area (Å²) in [5.74, 6) is -0.396. The summed E-state index contributed by atoms with van der Waals surface area (Å²) in [5, 5.41) is 4.23. The molecule has 1 aliphatic carbocycles. The number of alkyl halides is 3. The van der Waals surface area contributed by atoms with Crippen molar-refractivity contribution in [1.82, 2.24) is 0 Å². The van der Waals surface area contributed by atoms with Crippen LogP contribution in [0.3, 0.4) is 0 Å². The Bertz CT molecular complexity index is 3580. The molecule has 0 aliphatic heterocycles. The average molecular weight is 852 g/mol. The second kappa shape index (κ2) is 14.1. The number of anilines is 3. The molecule has 1 aliphatic rings. The number of nitrogens with zero attached hydrogens (tertiary/aromatic N) is 1. The zero-order valence-corrected chi connectivity index (χ0v) is 34.8. The van der Waals surface area contributed by atoms with Crippen molar-refractivity contribution >= 4 is 70.7 Å². The highest BCUT2D eigenvalue weighted by Crippen LogP contribution is 2.51. The molecule has 63 heavy (non-hydrogen) atoms. The monoisotopic (exact) mass is 851 g/mol. The van der Waals surface area contributed by atoms with E-state index in [1.807, 2.05) is 60.7 Å². The van der Waals surface area contributed by atoms with Gasteiger partial charge in [0.05, 0.1) is 0 Å². The topological polar surface area (TPSA) is 59.8 Å². The van der Waals surface area contributed by atoms with Gasteiger partial charge >= 0.3 is 15.6 Å². The Labute approximate surface area is 361 Å². The van der Waals surface area contributed by atoms with E-state index in [0.29, 0.717) is 16.3 Å². The number of fused-ring (bicyclic) bond motifs is 9. The van der Waals surface area contributed by atoms with Gasteiger partial charge in [0.25, 0.3) is 0 Å². The quantitative estimate of drug-likeness (QED) is 0.0908. The van der Waals surface area contributed by atoms with Crippen LogP contribution in [-0.4, -0.2) is 13.9 Å². The first-order chi connectivity index (χ1) is 30.4. The van der Waals surface area contributed by atoms with Gasteiger partial charge in [-0.15, -0.1) is 0 Å². The third-order valence-corrected chi connectivity index (χ3v) is 13.4. The summed E-state index contributed by atoms with van der Waals surface area (Å²) >= 11 is 0. The summed E-state index contributed by atoms with van der Waals surface area (Å²) in [6.45, 7) is 4.52. The van der Waals surface area contributed by atoms with Crippen LogP contribution in [0.15, 0.2) is 186 Å². The maximum Gasteiger partial charge on any atom is 0.534 e. The first-order valence-electron chi connectivity index (χ1n) is 20.5. The molecule has 0 N–H and O–H groups in total. The average Bonchev–Trinajstić information content (AvgIpc) is 3.78. The number of para-hydroxylation sites is 2. The van der Waals surface area contributed by atoms with E-state index in [9.17, 15) is 21.6 Å². The number of hydrogen-bond donors (Lipinski definition) is 0. The highest BCUT2D eigenvalue weighted by atomic mass is 32.2. The molecule has 9 aromatic carbocycles. The Hall–Kier alpha value is -7.36. The standard InChI is InChI=1S/C54H36F3NO4S/c1-53(2)47-16-7-5-12-42(47)43-29-27-38(32-48(43)53)58(37-25-20-35(21-26-37)41-14-9-15-46-44-13-6-8-17-49(44)61-52(41)46)36-23-18-34(19-24-36)39-30-31-50(62-63(59,60)54(55,56)57)51-40-11-4-3-10-33(40)22-28-45(39)51/h3-32H,1-2H3. The number of hydrogen-bond acceptors (Lipinski definition) is 5. The molecule has 0 amide bonds. The van der Waals surface area contributed by atoms with Crippen LogP contribution in [0.4, 0.5) is 30.2 Å². The van der Waals surface area contributed by atoms with E-state index in [-0.39, 0.29) is 10.8 Å². The minimum atomic E-state index is -5.93. The van der Waals surface area contributed by atoms with Crippen molar-refractivity contribution in [3.8, 4) is 39.1 Å². The molecular weight excluding hydrogens is 816 g/mol. The van der Waals surface area contributed by atoms with Crippen molar-refractivity contribution in [3.05, 3.63) is 193 Å². The molecule has 0 saturated heterocycles. The fraction of sp³-hybridized carbons (Fsp3) is 0.0741. The van der Waals surface area contributed by atoms with Gasteiger partial charge in [0.1, 0.15) is 11.2 Å². The van der Waals surface area contributed by atoms with Crippen LogP contribution in [0, 0.1) is 0 Å². The maximum atomic E-state index is 13.6. The van der Waals surface area contributed by atoms with Crippen LogP contribution in [0.2, 0.25) is 0 Å². The highest BCUT2D eigenvalue weighted by Gasteiger charge is 2.49. The molecule has 0 radical (unpaired) electrons. The van der Waals surface area contributed by atoms with Gasteiger partial charge in [0.2, 0.25) is 0 Å². The third kappa shape index (κ3) is 6.17. The summed E-state index contributed by atoms with van der Waals surface area (Å²) in [6.07, 6.45) is 0. The molecule has 0 unspecified atom stereocenters. The van der Waals surface area contributed by atoms with Gasteiger partial charge in [0, 0.05) is 44.2 Å². The molecule has 0 spiro atoms. The second-order valence-corrected chi connectivity index (χ2v) is 18.0. The normalized spacial score (nSPS) is 13.4. The van der Waals surface area contributed by atoms with Crippen molar-refractivity contribution in [2.24, 2.45) is 0 Å². The molecule has 5 nitrogen and oxygen atoms in total. The second-order valence-electron chi connectivity index (χ2n) is 16.4. The lowest BCUT2D eigenvalue weighted by Crippen LogP contribution is -2.28. The Morgan fingerprint density at radius 1 is 0.524 bits per heavy atom. The zero-order chi connectivity index (χ0) is 43.3. The Morgan fingerprint density at radius 3 is 1.86 bits per heavy atom. The van der Waals surface area contributed by atoms with Gasteiger partial charge in [-0.2, -0.15) is 21.6 Å². The molecule has 0 bridgehead atoms. The van der Waals surface area contributed by atoms with Crippen molar-refractivity contribution in [3.63, 3.8) is 0 Å². The number of halogens is 3. The molecule has 0 saturated carbocycles. The molecular formula is C54H36F3NO4S. The number of benzene rings is 9. The van der Waals surface area contributed by atoms with Crippen LogP contribution >= 0.6 is 0 Å². The van der Waals surface area contributed by atoms with Crippen molar-refractivity contribution in [2.45, 2.75) is 24.8 Å². The van der Waals surface area contributed by atoms with Crippen molar-refractivity contribution < 1.29 is 30.2 Å². The number of rotatable bonds is 7. The van der Waals surface area contributed by atoms with Gasteiger partial charge in [-0.1, -0.05) is 141 Å². The van der Waals surface area contributed by atoms with E-state index in [4.69, 9.17) is 8.60 Å². The van der Waals surface area contributed by atoms with Crippen molar-refractivity contribution in [2.75, 3.05) is 4.90 Å². The molecule has 0 fully saturated rings. The molecule has 11 rings (SSSR count). The summed E-state index contributed by atoms with van der Waals surface area (Å²) in [5.41, 5.74) is 7.08. The molecule has 0 atom stereocenters. The summed E-state index contributed by atoms with van der Waals surface area (Å²) in [6, 6.07) is 59.6. The van der Waals surface area contributed by atoms with Gasteiger partial charge in [-0.3, -0.25) is 0 Å². The van der Waals surface area contributed by atoms with Crippen LogP contribution in [0.5, 0.6) is 5.75 Å². The Balaban J connectivity index is 1.03. The first kappa shape index (κ1) is 38.6.